The molecule has 0 aliphatic carbocycles. The van der Waals surface area contributed by atoms with Crippen molar-refractivity contribution in [1.82, 2.24) is 9.88 Å². The maximum atomic E-state index is 12.4. The number of aromatic nitrogens is 1. The number of urea groups is 1. The van der Waals surface area contributed by atoms with E-state index in [1.54, 1.807) is 6.92 Å². The van der Waals surface area contributed by atoms with Crippen LogP contribution in [0.5, 0.6) is 0 Å². The van der Waals surface area contributed by atoms with Crippen LogP contribution >= 0.6 is 0 Å². The van der Waals surface area contributed by atoms with Crippen molar-refractivity contribution in [3.63, 3.8) is 0 Å². The van der Waals surface area contributed by atoms with E-state index in [1.165, 1.54) is 6.07 Å². The van der Waals surface area contributed by atoms with Crippen LogP contribution in [0, 0.1) is 0 Å². The summed E-state index contributed by atoms with van der Waals surface area (Å²) >= 11 is 0. The largest absolute Gasteiger partial charge is 0.477 e. The van der Waals surface area contributed by atoms with Crippen LogP contribution in [-0.4, -0.2) is 46.3 Å². The number of pyridine rings is 1. The Hall–Kier alpha value is -2.32. The minimum absolute atomic E-state index is 0.0496. The van der Waals surface area contributed by atoms with Gasteiger partial charge in [0.2, 0.25) is 0 Å². The predicted octanol–water partition coefficient (Wildman–Crippen LogP) is 2.59. The molecular formula is C12H14F3N3O3. The van der Waals surface area contributed by atoms with Crippen molar-refractivity contribution in [1.29, 1.82) is 0 Å². The second-order valence-electron chi connectivity index (χ2n) is 4.20. The Morgan fingerprint density at radius 3 is 2.48 bits per heavy atom. The molecule has 21 heavy (non-hydrogen) atoms. The molecule has 0 spiro atoms. The molecule has 1 heterocycles. The maximum Gasteiger partial charge on any atom is 0.406 e. The van der Waals surface area contributed by atoms with Gasteiger partial charge in [-0.2, -0.15) is 13.2 Å². The lowest BCUT2D eigenvalue weighted by Crippen LogP contribution is -2.41. The van der Waals surface area contributed by atoms with Crippen molar-refractivity contribution < 1.29 is 27.9 Å². The summed E-state index contributed by atoms with van der Waals surface area (Å²) in [5.41, 5.74) is -0.109. The molecule has 1 aromatic rings. The molecule has 1 rings (SSSR count). The highest BCUT2D eigenvalue weighted by atomic mass is 19.4. The summed E-state index contributed by atoms with van der Waals surface area (Å²) in [6, 6.07) is 1.48. The Morgan fingerprint density at radius 2 is 2.05 bits per heavy atom. The number of hydrogen-bond donors (Lipinski definition) is 2. The number of aromatic carboxylic acids is 1. The standard InChI is InChI=1S/C12H14F3N3O3/c1-2-5-18(7-12(13,14)15)11(21)17-8-3-4-9(10(19)20)16-6-8/h3-4,6H,2,5,7H2,1H3,(H,17,21)(H,19,20). The van der Waals surface area contributed by atoms with Crippen LogP contribution in [0.25, 0.3) is 0 Å². The summed E-state index contributed by atoms with van der Waals surface area (Å²) in [6.07, 6.45) is -3.04. The van der Waals surface area contributed by atoms with Gasteiger partial charge in [-0.05, 0) is 18.6 Å². The SMILES string of the molecule is CCCN(CC(F)(F)F)C(=O)Nc1ccc(C(=O)O)nc1. The van der Waals surface area contributed by atoms with Gasteiger partial charge in [-0.3, -0.25) is 0 Å². The number of halogens is 3. The summed E-state index contributed by atoms with van der Waals surface area (Å²) < 4.78 is 37.1. The van der Waals surface area contributed by atoms with E-state index < -0.39 is 24.7 Å². The Bertz CT molecular complexity index is 503. The van der Waals surface area contributed by atoms with Crippen molar-refractivity contribution in [2.45, 2.75) is 19.5 Å². The Balaban J connectivity index is 2.74. The lowest BCUT2D eigenvalue weighted by Gasteiger charge is -2.23. The van der Waals surface area contributed by atoms with E-state index in [1.807, 2.05) is 0 Å². The number of carboxylic acid groups (broad SMARTS) is 1. The molecule has 0 aromatic carbocycles. The van der Waals surface area contributed by atoms with Crippen LogP contribution in [0.3, 0.4) is 0 Å². The molecule has 0 unspecified atom stereocenters. The molecule has 0 saturated heterocycles. The molecule has 0 aliphatic heterocycles. The van der Waals surface area contributed by atoms with Crippen LogP contribution in [0.2, 0.25) is 0 Å². The van der Waals surface area contributed by atoms with Gasteiger partial charge in [0.15, 0.2) is 0 Å². The summed E-state index contributed by atoms with van der Waals surface area (Å²) in [4.78, 5) is 26.6. The van der Waals surface area contributed by atoms with Gasteiger partial charge in [0.05, 0.1) is 11.9 Å². The molecule has 0 saturated carbocycles. The van der Waals surface area contributed by atoms with Crippen molar-refractivity contribution in [3.05, 3.63) is 24.0 Å². The van der Waals surface area contributed by atoms with Crippen molar-refractivity contribution in [2.24, 2.45) is 0 Å². The number of hydrogen-bond acceptors (Lipinski definition) is 3. The van der Waals surface area contributed by atoms with Crippen molar-refractivity contribution >= 4 is 17.7 Å². The molecule has 0 bridgehead atoms. The van der Waals surface area contributed by atoms with E-state index in [-0.39, 0.29) is 17.9 Å². The van der Waals surface area contributed by atoms with E-state index in [2.05, 4.69) is 10.3 Å². The van der Waals surface area contributed by atoms with Gasteiger partial charge in [-0.25, -0.2) is 14.6 Å². The quantitative estimate of drug-likeness (QED) is 0.876. The molecular weight excluding hydrogens is 291 g/mol. The third kappa shape index (κ3) is 5.67. The lowest BCUT2D eigenvalue weighted by molar-refractivity contribution is -0.139. The number of alkyl halides is 3. The number of carbonyl (C=O) groups excluding carboxylic acids is 1. The first kappa shape index (κ1) is 16.7. The van der Waals surface area contributed by atoms with Gasteiger partial charge in [-0.1, -0.05) is 6.92 Å². The molecule has 116 valence electrons. The van der Waals surface area contributed by atoms with Crippen LogP contribution in [-0.2, 0) is 0 Å². The number of carboxylic acids is 1. The molecule has 6 nitrogen and oxygen atoms in total. The Morgan fingerprint density at radius 1 is 1.38 bits per heavy atom. The zero-order valence-corrected chi connectivity index (χ0v) is 11.1. The van der Waals surface area contributed by atoms with Gasteiger partial charge in [0.1, 0.15) is 12.2 Å². The first-order valence-electron chi connectivity index (χ1n) is 6.05. The number of amides is 2. The molecule has 0 fully saturated rings. The lowest BCUT2D eigenvalue weighted by atomic mass is 10.3. The topological polar surface area (TPSA) is 82.5 Å². The van der Waals surface area contributed by atoms with Crippen LogP contribution in [0.1, 0.15) is 23.8 Å². The molecule has 0 atom stereocenters. The van der Waals surface area contributed by atoms with Gasteiger partial charge >= 0.3 is 18.2 Å². The minimum atomic E-state index is -4.49. The van der Waals surface area contributed by atoms with Crippen molar-refractivity contribution in [2.75, 3.05) is 18.4 Å². The van der Waals surface area contributed by atoms with E-state index >= 15 is 0 Å². The van der Waals surface area contributed by atoms with E-state index in [4.69, 9.17) is 5.11 Å². The second-order valence-corrected chi connectivity index (χ2v) is 4.20. The highest BCUT2D eigenvalue weighted by Gasteiger charge is 2.32. The fourth-order valence-electron chi connectivity index (χ4n) is 1.54. The summed E-state index contributed by atoms with van der Waals surface area (Å²) in [7, 11) is 0. The number of nitrogens with zero attached hydrogens (tertiary/aromatic N) is 2. The molecule has 2 amide bonds. The summed E-state index contributed by atoms with van der Waals surface area (Å²) in [5, 5.41) is 10.9. The van der Waals surface area contributed by atoms with Crippen molar-refractivity contribution in [3.8, 4) is 0 Å². The first-order valence-corrected chi connectivity index (χ1v) is 6.05. The molecule has 2 N–H and O–H groups in total. The zero-order chi connectivity index (χ0) is 16.0. The third-order valence-corrected chi connectivity index (χ3v) is 2.38. The Kier molecular flexibility index (Phi) is 5.51. The smallest absolute Gasteiger partial charge is 0.406 e. The molecule has 0 radical (unpaired) electrons. The molecule has 1 aromatic heterocycles. The van der Waals surface area contributed by atoms with E-state index in [0.29, 0.717) is 11.3 Å². The maximum absolute atomic E-state index is 12.4. The summed E-state index contributed by atoms with van der Waals surface area (Å²) in [5.74, 6) is -1.24. The monoisotopic (exact) mass is 305 g/mol. The third-order valence-electron chi connectivity index (χ3n) is 2.38. The summed E-state index contributed by atoms with van der Waals surface area (Å²) in [6.45, 7) is 0.249. The Labute approximate surface area is 118 Å². The fraction of sp³-hybridized carbons (Fsp3) is 0.417. The number of anilines is 1. The first-order chi connectivity index (χ1) is 9.73. The van der Waals surface area contributed by atoms with Crippen LogP contribution < -0.4 is 5.32 Å². The van der Waals surface area contributed by atoms with Gasteiger partial charge in [0, 0.05) is 6.54 Å². The normalized spacial score (nSPS) is 11.0. The molecule has 9 heteroatoms. The second kappa shape index (κ2) is 6.91. The number of rotatable bonds is 5. The number of carbonyl (C=O) groups is 2. The highest BCUT2D eigenvalue weighted by Crippen LogP contribution is 2.17. The zero-order valence-electron chi connectivity index (χ0n) is 11.1. The van der Waals surface area contributed by atoms with Crippen LogP contribution in [0.15, 0.2) is 18.3 Å². The number of nitrogens with one attached hydrogen (secondary N) is 1. The van der Waals surface area contributed by atoms with Gasteiger partial charge in [-0.15, -0.1) is 0 Å². The average Bonchev–Trinajstić information content (AvgIpc) is 2.37. The fourth-order valence-corrected chi connectivity index (χ4v) is 1.54. The molecule has 0 aliphatic rings. The van der Waals surface area contributed by atoms with E-state index in [9.17, 15) is 22.8 Å². The van der Waals surface area contributed by atoms with E-state index in [0.717, 1.165) is 12.3 Å². The minimum Gasteiger partial charge on any atom is -0.477 e. The highest BCUT2D eigenvalue weighted by molar-refractivity contribution is 5.90. The van der Waals surface area contributed by atoms with Crippen LogP contribution in [0.4, 0.5) is 23.7 Å². The average molecular weight is 305 g/mol. The van der Waals surface area contributed by atoms with Gasteiger partial charge in [0.25, 0.3) is 0 Å². The predicted molar refractivity (Wildman–Crippen MR) is 68.1 cm³/mol. The van der Waals surface area contributed by atoms with Gasteiger partial charge < -0.3 is 15.3 Å².